The standard InChI is InChI=1S/C49H58N4O13/c1-4-37-33-11-12-51-36(33)22-53(37)43-45-28(14-35-39(57)13-25(2)64-46(35)43)15-41(49(65-45)19-26(5-7-30(49)21-50-3)29-16-42(59)52-20-29)66-63-24-48(62,47(61)44(60)40(58)23-54)18-27-6-10-38(56)32-9-8-31(55)17-34(27)32/h6,8-14,17,22,26,29-30,40-41,44,47,50-51,54-56,58,60-62H,4-5,7,15-16,18-21,23-24H2,1-3H3,(H,52,59)/t26-,29+,30-,40-,41-,44-,47+,48+,49+/m1/s1. The van der Waals surface area contributed by atoms with Gasteiger partial charge in [-0.25, -0.2) is 9.78 Å². The van der Waals surface area contributed by atoms with E-state index in [0.29, 0.717) is 88.8 Å². The number of benzene rings is 3. The van der Waals surface area contributed by atoms with E-state index in [1.807, 2.05) is 30.1 Å². The van der Waals surface area contributed by atoms with E-state index in [2.05, 4.69) is 22.5 Å². The van der Waals surface area contributed by atoms with Crippen LogP contribution in [-0.2, 0) is 33.8 Å². The number of carbonyl (C=O) groups is 1. The van der Waals surface area contributed by atoms with Crippen molar-refractivity contribution in [3.8, 4) is 22.9 Å². The molecule has 3 aromatic heterocycles. The maximum atomic E-state index is 13.9. The van der Waals surface area contributed by atoms with E-state index in [1.165, 1.54) is 36.4 Å². The van der Waals surface area contributed by atoms with Crippen LogP contribution in [0.1, 0.15) is 55.2 Å². The fourth-order valence-corrected chi connectivity index (χ4v) is 11.0. The van der Waals surface area contributed by atoms with Crippen molar-refractivity contribution in [1.82, 2.24) is 20.2 Å². The van der Waals surface area contributed by atoms with Gasteiger partial charge >= 0.3 is 0 Å². The number of amides is 1. The number of rotatable bonds is 15. The maximum Gasteiger partial charge on any atom is 0.220 e. The molecule has 5 heterocycles. The summed E-state index contributed by atoms with van der Waals surface area (Å²) in [6.45, 7) is 3.10. The zero-order chi connectivity index (χ0) is 46.7. The van der Waals surface area contributed by atoms with Gasteiger partial charge in [0.05, 0.1) is 17.5 Å². The largest absolute Gasteiger partial charge is 0.508 e. The Labute approximate surface area is 379 Å². The number of carbonyl (C=O) groups excluding carboxylic acids is 1. The second-order valence-electron chi connectivity index (χ2n) is 18.5. The number of aromatic hydroxyl groups is 2. The van der Waals surface area contributed by atoms with E-state index < -0.39 is 55.3 Å². The first kappa shape index (κ1) is 45.6. The number of phenolic OH excluding ortho intramolecular Hbond substituents is 2. The molecule has 1 spiro atoms. The third-order valence-corrected chi connectivity index (χ3v) is 14.4. The molecule has 66 heavy (non-hydrogen) atoms. The summed E-state index contributed by atoms with van der Waals surface area (Å²) in [7, 11) is 1.86. The van der Waals surface area contributed by atoms with Crippen LogP contribution in [0.25, 0.3) is 38.3 Å². The molecule has 1 aliphatic carbocycles. The molecule has 3 aromatic carbocycles. The molecule has 3 aliphatic rings. The van der Waals surface area contributed by atoms with Crippen LogP contribution in [0.5, 0.6) is 17.2 Å². The lowest BCUT2D eigenvalue weighted by Crippen LogP contribution is -2.63. The van der Waals surface area contributed by atoms with Gasteiger partial charge in [0.2, 0.25) is 5.91 Å². The first-order chi connectivity index (χ1) is 31.7. The number of nitrogens with zero attached hydrogens (tertiary/aromatic N) is 1. The van der Waals surface area contributed by atoms with Gasteiger partial charge in [0.1, 0.15) is 65.2 Å². The van der Waals surface area contributed by atoms with E-state index >= 15 is 0 Å². The minimum atomic E-state index is -2.42. The molecule has 17 heteroatoms. The number of hydrogen-bond donors (Lipinski definition) is 10. The molecule has 0 radical (unpaired) electrons. The predicted molar refractivity (Wildman–Crippen MR) is 243 cm³/mol. The van der Waals surface area contributed by atoms with Crippen LogP contribution in [0.2, 0.25) is 0 Å². The summed E-state index contributed by atoms with van der Waals surface area (Å²) in [4.78, 5) is 42.4. The number of aromatic nitrogens is 2. The lowest BCUT2D eigenvalue weighted by molar-refractivity contribution is -0.378. The molecule has 0 bridgehead atoms. The minimum Gasteiger partial charge on any atom is -0.508 e. The van der Waals surface area contributed by atoms with Gasteiger partial charge in [-0.3, -0.25) is 9.59 Å². The van der Waals surface area contributed by atoms with E-state index in [1.54, 1.807) is 13.0 Å². The van der Waals surface area contributed by atoms with E-state index in [4.69, 9.17) is 18.9 Å². The Balaban J connectivity index is 1.16. The molecule has 9 atom stereocenters. The number of ether oxygens (including phenoxy) is 1. The Kier molecular flexibility index (Phi) is 12.4. The molecule has 352 valence electrons. The summed E-state index contributed by atoms with van der Waals surface area (Å²) in [6.07, 6.45) is -0.439. The summed E-state index contributed by atoms with van der Waals surface area (Å²) >= 11 is 0. The first-order valence-electron chi connectivity index (χ1n) is 22.7. The van der Waals surface area contributed by atoms with Crippen LogP contribution >= 0.6 is 0 Å². The Bertz CT molecular complexity index is 2840. The third kappa shape index (κ3) is 8.00. The van der Waals surface area contributed by atoms with Crippen molar-refractivity contribution in [3.05, 3.63) is 93.7 Å². The van der Waals surface area contributed by atoms with Crippen molar-refractivity contribution in [2.45, 2.75) is 94.4 Å². The van der Waals surface area contributed by atoms with Gasteiger partial charge in [0.15, 0.2) is 16.8 Å². The van der Waals surface area contributed by atoms with Gasteiger partial charge in [-0.05, 0) is 98.8 Å². The quantitative estimate of drug-likeness (QED) is 0.0524. The first-order valence-corrected chi connectivity index (χ1v) is 22.7. The lowest BCUT2D eigenvalue weighted by Gasteiger charge is -2.53. The second kappa shape index (κ2) is 18.0. The van der Waals surface area contributed by atoms with Crippen molar-refractivity contribution in [2.75, 3.05) is 33.4 Å². The Morgan fingerprint density at radius 3 is 2.56 bits per heavy atom. The van der Waals surface area contributed by atoms with Gasteiger partial charge in [0.25, 0.3) is 0 Å². The number of hydrogen-bond acceptors (Lipinski definition) is 14. The average molecular weight is 911 g/mol. The molecule has 10 N–H and O–H groups in total. The number of fused-ring (bicyclic) bond motifs is 4. The van der Waals surface area contributed by atoms with Crippen LogP contribution < -0.4 is 20.8 Å². The van der Waals surface area contributed by atoms with E-state index in [-0.39, 0.29) is 47.0 Å². The number of phenols is 2. The summed E-state index contributed by atoms with van der Waals surface area (Å²) in [6, 6.07) is 12.4. The zero-order valence-corrected chi connectivity index (χ0v) is 37.1. The SMILES string of the molecule is CCc1c2cc[nH]c2cn1-c1c2c(cc3c(=O)cc(C)oc13)C[C@@H](OOC[C@@](O)(Cc1ccc(O)c3ccc(O)cc13)[C@@H](O)[C@H](O)[C@H](O)CO)[C@@]1(C[C@H]([C@@H]3CNC(=O)C3)CC[C@@H]1CNC)O2. The molecule has 9 rings (SSSR count). The summed E-state index contributed by atoms with van der Waals surface area (Å²) in [5, 5.41) is 84.7. The number of nitrogens with one attached hydrogen (secondary N) is 3. The fraction of sp³-hybridized carbons (Fsp3) is 0.469. The third-order valence-electron chi connectivity index (χ3n) is 14.4. The Morgan fingerprint density at radius 1 is 1.00 bits per heavy atom. The second-order valence-corrected chi connectivity index (χ2v) is 18.5. The van der Waals surface area contributed by atoms with Gasteiger partial charge in [0, 0.05) is 78.8 Å². The van der Waals surface area contributed by atoms with E-state index in [0.717, 1.165) is 23.0 Å². The number of aliphatic hydroxyl groups excluding tert-OH is 4. The number of aliphatic hydroxyl groups is 5. The highest BCUT2D eigenvalue weighted by molar-refractivity contribution is 5.93. The monoisotopic (exact) mass is 910 g/mol. The van der Waals surface area contributed by atoms with Crippen LogP contribution in [0.15, 0.2) is 70.1 Å². The highest BCUT2D eigenvalue weighted by Gasteiger charge is 2.57. The lowest BCUT2D eigenvalue weighted by atomic mass is 9.63. The van der Waals surface area contributed by atoms with Crippen molar-refractivity contribution < 1.29 is 59.5 Å². The summed E-state index contributed by atoms with van der Waals surface area (Å²) in [5.41, 5.74) is -0.0825. The van der Waals surface area contributed by atoms with E-state index in [9.17, 15) is 45.3 Å². The van der Waals surface area contributed by atoms with Crippen molar-refractivity contribution >= 4 is 38.6 Å². The number of aromatic amines is 1. The molecule has 6 aromatic rings. The Hall–Kier alpha value is -5.50. The highest BCUT2D eigenvalue weighted by Crippen LogP contribution is 2.53. The number of aryl methyl sites for hydroxylation is 2. The van der Waals surface area contributed by atoms with Crippen LogP contribution in [-0.4, -0.2) is 120 Å². The highest BCUT2D eigenvalue weighted by atomic mass is 17.2. The van der Waals surface area contributed by atoms with Gasteiger partial charge < -0.3 is 65.1 Å². The molecule has 2 fully saturated rings. The molecule has 2 aliphatic heterocycles. The minimum absolute atomic E-state index is 0.0118. The average Bonchev–Trinajstić information content (AvgIpc) is 4.04. The Morgan fingerprint density at radius 2 is 1.82 bits per heavy atom. The van der Waals surface area contributed by atoms with Crippen LogP contribution in [0.3, 0.4) is 0 Å². The van der Waals surface area contributed by atoms with Crippen LogP contribution in [0.4, 0.5) is 0 Å². The molecule has 17 nitrogen and oxygen atoms in total. The normalized spacial score (nSPS) is 24.3. The molecule has 1 saturated carbocycles. The topological polar surface area (TPSA) is 261 Å². The van der Waals surface area contributed by atoms with Gasteiger partial charge in [-0.15, -0.1) is 0 Å². The fourth-order valence-electron chi connectivity index (χ4n) is 11.0. The predicted octanol–water partition coefficient (Wildman–Crippen LogP) is 3.31. The molecule has 1 amide bonds. The maximum absolute atomic E-state index is 13.9. The molecular formula is C49H58N4O13. The summed E-state index contributed by atoms with van der Waals surface area (Å²) < 4.78 is 16.1. The molecule has 0 unspecified atom stereocenters. The van der Waals surface area contributed by atoms with Crippen molar-refractivity contribution in [2.24, 2.45) is 17.8 Å². The summed E-state index contributed by atoms with van der Waals surface area (Å²) in [5.74, 6) is 0.515. The zero-order valence-electron chi connectivity index (χ0n) is 37.1. The molecule has 1 saturated heterocycles. The molecular weight excluding hydrogens is 853 g/mol. The smallest absolute Gasteiger partial charge is 0.220 e. The van der Waals surface area contributed by atoms with Crippen molar-refractivity contribution in [3.63, 3.8) is 0 Å². The van der Waals surface area contributed by atoms with Gasteiger partial charge in [-0.1, -0.05) is 13.0 Å². The van der Waals surface area contributed by atoms with Gasteiger partial charge in [-0.2, -0.15) is 0 Å². The number of H-pyrrole nitrogens is 1. The van der Waals surface area contributed by atoms with Crippen LogP contribution in [0, 0.1) is 24.7 Å². The van der Waals surface area contributed by atoms with Crippen molar-refractivity contribution in [1.29, 1.82) is 0 Å².